The van der Waals surface area contributed by atoms with Crippen LogP contribution >= 0.6 is 10.8 Å². The number of hydrogen-bond acceptors (Lipinski definition) is 5. The number of allylic oxidation sites excluding steroid dienone is 3. The average molecular weight is 511 g/mol. The van der Waals surface area contributed by atoms with Crippen LogP contribution in [0.4, 0.5) is 0 Å². The van der Waals surface area contributed by atoms with E-state index in [1.807, 2.05) is 84.9 Å². The topological polar surface area (TPSA) is 87.6 Å². The van der Waals surface area contributed by atoms with Gasteiger partial charge in [-0.1, -0.05) is 74.5 Å². The summed E-state index contributed by atoms with van der Waals surface area (Å²) in [5.74, 6) is 0.739. The van der Waals surface area contributed by atoms with Crippen LogP contribution in [-0.2, 0) is 16.6 Å². The van der Waals surface area contributed by atoms with E-state index in [1.54, 1.807) is 7.11 Å². The minimum atomic E-state index is -4.66. The van der Waals surface area contributed by atoms with Crippen molar-refractivity contribution in [3.8, 4) is 5.75 Å². The Labute approximate surface area is 210 Å². The Kier molecular flexibility index (Phi) is 7.91. The third kappa shape index (κ3) is 6.11. The first-order valence-electron chi connectivity index (χ1n) is 11.3. The quantitative estimate of drug-likeness (QED) is 0.432. The van der Waals surface area contributed by atoms with Gasteiger partial charge < -0.3 is 4.74 Å². The second-order valence-corrected chi connectivity index (χ2v) is 10.7. The molecule has 0 radical (unpaired) electrons. The monoisotopic (exact) mass is 510 g/mol. The number of hydrogen-bond donors (Lipinski definition) is 0. The first-order chi connectivity index (χ1) is 16.8. The van der Waals surface area contributed by atoms with Crippen molar-refractivity contribution in [1.82, 2.24) is 0 Å². The lowest BCUT2D eigenvalue weighted by Gasteiger charge is -2.22. The third-order valence-corrected chi connectivity index (χ3v) is 8.46. The van der Waals surface area contributed by atoms with Gasteiger partial charge in [-0.3, -0.25) is 0 Å². The summed E-state index contributed by atoms with van der Waals surface area (Å²) in [5, 5.41) is 0. The number of benzene rings is 3. The Balaban J connectivity index is 1.94. The van der Waals surface area contributed by atoms with Gasteiger partial charge in [0.15, 0.2) is 0 Å². The fraction of sp³-hybridized carbons (Fsp3) is 0.179. The van der Waals surface area contributed by atoms with Gasteiger partial charge in [0, 0.05) is 0 Å². The molecule has 1 unspecified atom stereocenters. The lowest BCUT2D eigenvalue weighted by atomic mass is 9.99. The van der Waals surface area contributed by atoms with Crippen molar-refractivity contribution < 1.29 is 32.7 Å². The highest BCUT2D eigenvalue weighted by Crippen LogP contribution is 2.45. The summed E-state index contributed by atoms with van der Waals surface area (Å²) < 4.78 is 45.9. The molecule has 7 heteroatoms. The van der Waals surface area contributed by atoms with E-state index in [4.69, 9.17) is 8.47 Å². The third-order valence-electron chi connectivity index (χ3n) is 5.83. The Morgan fingerprint density at radius 2 is 1.20 bits per heavy atom. The molecule has 1 atom stereocenters. The van der Waals surface area contributed by atoms with Crippen molar-refractivity contribution in [3.63, 3.8) is 0 Å². The molecule has 1 aliphatic rings. The molecule has 4 rings (SSSR count). The Morgan fingerprint density at radius 1 is 0.686 bits per heavy atom. The highest BCUT2D eigenvalue weighted by molar-refractivity contribution is 8.20. The first-order valence-corrected chi connectivity index (χ1v) is 13.7. The van der Waals surface area contributed by atoms with Gasteiger partial charge in [-0.25, -0.2) is 0 Å². The molecule has 0 fully saturated rings. The zero-order chi connectivity index (χ0) is 25.0. The van der Waals surface area contributed by atoms with E-state index in [9.17, 15) is 14.0 Å². The fourth-order valence-corrected chi connectivity index (χ4v) is 6.40. The molecule has 3 aromatic rings. The van der Waals surface area contributed by atoms with Gasteiger partial charge in [0.25, 0.3) is 0 Å². The van der Waals surface area contributed by atoms with E-state index in [0.717, 1.165) is 52.0 Å². The minimum Gasteiger partial charge on any atom is -0.497 e. The fourth-order valence-electron chi connectivity index (χ4n) is 3.83. The van der Waals surface area contributed by atoms with Gasteiger partial charge in [-0.2, -0.15) is 14.0 Å². The van der Waals surface area contributed by atoms with Crippen molar-refractivity contribution >= 4 is 26.1 Å². The van der Waals surface area contributed by atoms with E-state index in [-0.39, 0.29) is 0 Å². The summed E-state index contributed by atoms with van der Waals surface area (Å²) in [6, 6.07) is 23.4. The van der Waals surface area contributed by atoms with Crippen LogP contribution in [0.5, 0.6) is 5.75 Å². The van der Waals surface area contributed by atoms with Gasteiger partial charge >= 0.3 is 0 Å². The molecule has 0 saturated heterocycles. The summed E-state index contributed by atoms with van der Waals surface area (Å²) in [6.07, 6.45) is 5.56. The van der Waals surface area contributed by atoms with Crippen LogP contribution in [0.3, 0.4) is 0 Å². The van der Waals surface area contributed by atoms with E-state index >= 15 is 0 Å². The van der Waals surface area contributed by atoms with E-state index in [1.165, 1.54) is 0 Å². The van der Waals surface area contributed by atoms with Crippen LogP contribution in [0.1, 0.15) is 41.7 Å². The smallest absolute Gasteiger partial charge is 0.148 e. The number of ether oxygens (including phenoxy) is 1. The first kappa shape index (κ1) is 25.4. The number of rotatable bonds is 8. The maximum absolute atomic E-state index is 11.8. The van der Waals surface area contributed by atoms with Crippen LogP contribution < -0.4 is 18.7 Å². The standard InChI is InChI=1S/C28H27ClO5S/c1-4-20-6-10-23(11-7-20)27-18-25(22-14-16-26(33-3)17-15-22)19-28(35(27)34-29(30,31)32)24-12-8-21(5-2)9-13-24/h6-19H,4-5H2,1-3H3. The van der Waals surface area contributed by atoms with Gasteiger partial charge in [-0.05, 0) is 70.5 Å². The predicted molar refractivity (Wildman–Crippen MR) is 133 cm³/mol. The van der Waals surface area contributed by atoms with Crippen LogP contribution in [0.25, 0.3) is 10.5 Å². The van der Waals surface area contributed by atoms with E-state index < -0.39 is 21.0 Å². The molecule has 0 aromatic heterocycles. The maximum Gasteiger partial charge on any atom is 0.148 e. The van der Waals surface area contributed by atoms with Crippen molar-refractivity contribution in [3.05, 3.63) is 113 Å². The summed E-state index contributed by atoms with van der Waals surface area (Å²) in [6.45, 7) is 4.14. The molecule has 1 aliphatic heterocycles. The van der Waals surface area contributed by atoms with Gasteiger partial charge in [0.1, 0.15) is 20.3 Å². The normalized spacial score (nSPS) is 16.1. The minimum absolute atomic E-state index is 0.627. The summed E-state index contributed by atoms with van der Waals surface area (Å²) in [7, 11) is -4.49. The summed E-state index contributed by atoms with van der Waals surface area (Å²) in [4.78, 5) is 1.25. The van der Waals surface area contributed by atoms with Crippen molar-refractivity contribution in [1.29, 1.82) is 0 Å². The largest absolute Gasteiger partial charge is 0.497 e. The molecule has 1 heterocycles. The van der Waals surface area contributed by atoms with Crippen LogP contribution in [0.15, 0.2) is 84.9 Å². The second-order valence-electron chi connectivity index (χ2n) is 8.01. The maximum atomic E-state index is 11.8. The molecule has 5 nitrogen and oxygen atoms in total. The molecule has 35 heavy (non-hydrogen) atoms. The molecular weight excluding hydrogens is 484 g/mol. The SMILES string of the molecule is CCc1ccc(C2=CC(c3ccc(OC)cc3)=CC(c3ccc(CC)cc3)=S2O[Cl+3]([O-])([O-])[O-])cc1. The molecule has 0 N–H and O–H groups in total. The van der Waals surface area contributed by atoms with E-state index in [2.05, 4.69) is 13.8 Å². The molecule has 0 spiro atoms. The van der Waals surface area contributed by atoms with Crippen LogP contribution in [0.2, 0.25) is 0 Å². The number of aryl methyl sites for hydroxylation is 2. The molecule has 0 saturated carbocycles. The molecule has 182 valence electrons. The predicted octanol–water partition coefficient (Wildman–Crippen LogP) is 3.58. The Hall–Kier alpha value is -2.71. The van der Waals surface area contributed by atoms with Gasteiger partial charge in [0.05, 0.1) is 27.1 Å². The molecular formula is C28H27ClO5S. The molecule has 0 aliphatic carbocycles. The Morgan fingerprint density at radius 3 is 1.69 bits per heavy atom. The number of methoxy groups -OCH3 is 1. The number of halogens is 1. The zero-order valence-corrected chi connectivity index (χ0v) is 21.4. The van der Waals surface area contributed by atoms with E-state index in [0.29, 0.717) is 9.77 Å². The Bertz CT molecular complexity index is 1270. The molecule has 3 aromatic carbocycles. The molecule has 0 bridgehead atoms. The molecule has 0 amide bonds. The highest BCUT2D eigenvalue weighted by Gasteiger charge is 2.31. The van der Waals surface area contributed by atoms with Gasteiger partial charge in [0.2, 0.25) is 0 Å². The average Bonchev–Trinajstić information content (AvgIpc) is 2.88. The lowest BCUT2D eigenvalue weighted by molar-refractivity contribution is -1.91. The summed E-state index contributed by atoms with van der Waals surface area (Å²) in [5.41, 5.74) is 5.72. The van der Waals surface area contributed by atoms with Crippen LogP contribution in [0, 0.1) is 10.2 Å². The van der Waals surface area contributed by atoms with Crippen LogP contribution in [-0.4, -0.2) is 12.0 Å². The van der Waals surface area contributed by atoms with Crippen molar-refractivity contribution in [2.75, 3.05) is 7.11 Å². The summed E-state index contributed by atoms with van der Waals surface area (Å²) >= 11 is 0. The lowest BCUT2D eigenvalue weighted by Crippen LogP contribution is -2.60. The zero-order valence-electron chi connectivity index (χ0n) is 19.8. The van der Waals surface area contributed by atoms with Crippen molar-refractivity contribution in [2.45, 2.75) is 26.7 Å². The van der Waals surface area contributed by atoms with Crippen molar-refractivity contribution in [2.24, 2.45) is 0 Å². The second kappa shape index (κ2) is 10.9. The highest BCUT2D eigenvalue weighted by atomic mass is 35.7. The van der Waals surface area contributed by atoms with Gasteiger partial charge in [-0.15, -0.1) is 0 Å².